The first-order chi connectivity index (χ1) is 11.7. The number of nitrogens with zero attached hydrogens (tertiary/aromatic N) is 2. The van der Waals surface area contributed by atoms with Crippen LogP contribution in [0.2, 0.25) is 0 Å². The standard InChI is InChI=1S/C19H25N3O2/c1-21(14-18-8-5-11-24-18)15-19(23)20-17-9-10-22(13-17)12-16-6-3-2-4-7-16/h2-8,11,17H,9-10,12-15H2,1H3,(H,20,23)/t17-/m0/s1. The van der Waals surface area contributed by atoms with Gasteiger partial charge in [0.25, 0.3) is 0 Å². The molecule has 5 heteroatoms. The lowest BCUT2D eigenvalue weighted by Gasteiger charge is -2.19. The van der Waals surface area contributed by atoms with Crippen LogP contribution in [0.1, 0.15) is 17.7 Å². The highest BCUT2D eigenvalue weighted by atomic mass is 16.3. The van der Waals surface area contributed by atoms with Crippen LogP contribution < -0.4 is 5.32 Å². The third-order valence-corrected chi connectivity index (χ3v) is 4.31. The van der Waals surface area contributed by atoms with E-state index in [1.54, 1.807) is 6.26 Å². The van der Waals surface area contributed by atoms with E-state index in [1.807, 2.05) is 30.1 Å². The van der Waals surface area contributed by atoms with Gasteiger partial charge in [-0.2, -0.15) is 0 Å². The average Bonchev–Trinajstić information content (AvgIpc) is 3.20. The first-order valence-corrected chi connectivity index (χ1v) is 8.45. The highest BCUT2D eigenvalue weighted by molar-refractivity contribution is 5.78. The van der Waals surface area contributed by atoms with E-state index in [2.05, 4.69) is 34.5 Å². The highest BCUT2D eigenvalue weighted by Crippen LogP contribution is 2.13. The van der Waals surface area contributed by atoms with E-state index in [0.29, 0.717) is 13.1 Å². The number of likely N-dealkylation sites (N-methyl/N-ethyl adjacent to an activating group) is 1. The summed E-state index contributed by atoms with van der Waals surface area (Å²) in [5.74, 6) is 0.954. The number of likely N-dealkylation sites (tertiary alicyclic amines) is 1. The van der Waals surface area contributed by atoms with Crippen LogP contribution in [0.5, 0.6) is 0 Å². The number of carbonyl (C=O) groups is 1. The Morgan fingerprint density at radius 3 is 2.88 bits per heavy atom. The quantitative estimate of drug-likeness (QED) is 0.846. The maximum absolute atomic E-state index is 12.2. The minimum absolute atomic E-state index is 0.0793. The fraction of sp³-hybridized carbons (Fsp3) is 0.421. The van der Waals surface area contributed by atoms with Gasteiger partial charge in [0.15, 0.2) is 0 Å². The van der Waals surface area contributed by atoms with Crippen molar-refractivity contribution in [2.24, 2.45) is 0 Å². The Balaban J connectivity index is 1.39. The summed E-state index contributed by atoms with van der Waals surface area (Å²) in [4.78, 5) is 16.6. The summed E-state index contributed by atoms with van der Waals surface area (Å²) in [6.07, 6.45) is 2.67. The molecule has 2 heterocycles. The Hall–Kier alpha value is -2.11. The van der Waals surface area contributed by atoms with Crippen molar-refractivity contribution in [2.45, 2.75) is 25.6 Å². The summed E-state index contributed by atoms with van der Waals surface area (Å²) in [6, 6.07) is 14.5. The zero-order valence-corrected chi connectivity index (χ0v) is 14.1. The van der Waals surface area contributed by atoms with Crippen molar-refractivity contribution in [3.05, 3.63) is 60.1 Å². The molecule has 3 rings (SSSR count). The highest BCUT2D eigenvalue weighted by Gasteiger charge is 2.24. The van der Waals surface area contributed by atoms with E-state index in [9.17, 15) is 4.79 Å². The second kappa shape index (κ2) is 8.13. The predicted molar refractivity (Wildman–Crippen MR) is 93.3 cm³/mol. The van der Waals surface area contributed by atoms with Crippen molar-refractivity contribution < 1.29 is 9.21 Å². The van der Waals surface area contributed by atoms with Crippen LogP contribution in [-0.4, -0.2) is 48.4 Å². The Labute approximate surface area is 143 Å². The monoisotopic (exact) mass is 327 g/mol. The van der Waals surface area contributed by atoms with Gasteiger partial charge in [-0.3, -0.25) is 14.6 Å². The van der Waals surface area contributed by atoms with Crippen LogP contribution in [-0.2, 0) is 17.9 Å². The molecule has 1 aromatic carbocycles. The Morgan fingerprint density at radius 1 is 1.29 bits per heavy atom. The molecule has 0 bridgehead atoms. The van der Waals surface area contributed by atoms with Crippen molar-refractivity contribution >= 4 is 5.91 Å². The molecular formula is C19H25N3O2. The summed E-state index contributed by atoms with van der Waals surface area (Å²) < 4.78 is 5.31. The third-order valence-electron chi connectivity index (χ3n) is 4.31. The summed E-state index contributed by atoms with van der Waals surface area (Å²) >= 11 is 0. The zero-order valence-electron chi connectivity index (χ0n) is 14.1. The molecule has 1 fully saturated rings. The van der Waals surface area contributed by atoms with Crippen molar-refractivity contribution in [3.8, 4) is 0 Å². The number of rotatable bonds is 7. The molecular weight excluding hydrogens is 302 g/mol. The summed E-state index contributed by atoms with van der Waals surface area (Å²) in [6.45, 7) is 3.93. The predicted octanol–water partition coefficient (Wildman–Crippen LogP) is 2.10. The maximum Gasteiger partial charge on any atom is 0.234 e. The largest absolute Gasteiger partial charge is 0.468 e. The molecule has 1 aromatic heterocycles. The molecule has 0 unspecified atom stereocenters. The van der Waals surface area contributed by atoms with Crippen molar-refractivity contribution in [3.63, 3.8) is 0 Å². The Morgan fingerprint density at radius 2 is 2.12 bits per heavy atom. The number of carbonyl (C=O) groups excluding carboxylic acids is 1. The number of nitrogens with one attached hydrogen (secondary N) is 1. The fourth-order valence-electron chi connectivity index (χ4n) is 3.18. The van der Waals surface area contributed by atoms with Gasteiger partial charge in [-0.25, -0.2) is 0 Å². The lowest BCUT2D eigenvalue weighted by molar-refractivity contribution is -0.122. The zero-order chi connectivity index (χ0) is 16.8. The molecule has 1 saturated heterocycles. The second-order valence-electron chi connectivity index (χ2n) is 6.53. The van der Waals surface area contributed by atoms with Gasteiger partial charge in [0.05, 0.1) is 19.4 Å². The van der Waals surface area contributed by atoms with Gasteiger partial charge in [0.2, 0.25) is 5.91 Å². The van der Waals surface area contributed by atoms with Crippen LogP contribution in [0, 0.1) is 0 Å². The van der Waals surface area contributed by atoms with E-state index >= 15 is 0 Å². The summed E-state index contributed by atoms with van der Waals surface area (Å²) in [5, 5.41) is 3.15. The number of furan rings is 1. The van der Waals surface area contributed by atoms with E-state index in [-0.39, 0.29) is 11.9 Å². The Bertz CT molecular complexity index is 627. The molecule has 0 spiro atoms. The number of hydrogen-bond donors (Lipinski definition) is 1. The van der Waals surface area contributed by atoms with Crippen LogP contribution in [0.4, 0.5) is 0 Å². The molecule has 0 aliphatic carbocycles. The number of amides is 1. The van der Waals surface area contributed by atoms with Gasteiger partial charge in [-0.15, -0.1) is 0 Å². The molecule has 1 aliphatic heterocycles. The van der Waals surface area contributed by atoms with Crippen molar-refractivity contribution in [1.82, 2.24) is 15.1 Å². The summed E-state index contributed by atoms with van der Waals surface area (Å²) in [7, 11) is 1.93. The van der Waals surface area contributed by atoms with Crippen LogP contribution in [0.25, 0.3) is 0 Å². The first-order valence-electron chi connectivity index (χ1n) is 8.45. The molecule has 0 saturated carbocycles. The van der Waals surface area contributed by atoms with E-state index in [0.717, 1.165) is 31.8 Å². The van der Waals surface area contributed by atoms with E-state index in [1.165, 1.54) is 5.56 Å². The second-order valence-corrected chi connectivity index (χ2v) is 6.53. The third kappa shape index (κ3) is 4.94. The lowest BCUT2D eigenvalue weighted by Crippen LogP contribution is -2.42. The first kappa shape index (κ1) is 16.7. The molecule has 1 amide bonds. The molecule has 24 heavy (non-hydrogen) atoms. The van der Waals surface area contributed by atoms with Crippen LogP contribution in [0.15, 0.2) is 53.1 Å². The summed E-state index contributed by atoms with van der Waals surface area (Å²) in [5.41, 5.74) is 1.32. The topological polar surface area (TPSA) is 48.7 Å². The van der Waals surface area contributed by atoms with Gasteiger partial charge in [0, 0.05) is 25.7 Å². The van der Waals surface area contributed by atoms with Gasteiger partial charge in [0.1, 0.15) is 5.76 Å². The lowest BCUT2D eigenvalue weighted by atomic mass is 10.2. The number of benzene rings is 1. The van der Waals surface area contributed by atoms with Gasteiger partial charge in [-0.05, 0) is 31.2 Å². The Kier molecular flexibility index (Phi) is 5.67. The maximum atomic E-state index is 12.2. The molecule has 1 atom stereocenters. The van der Waals surface area contributed by atoms with Crippen LogP contribution in [0.3, 0.4) is 0 Å². The molecule has 0 radical (unpaired) electrons. The minimum Gasteiger partial charge on any atom is -0.468 e. The number of hydrogen-bond acceptors (Lipinski definition) is 4. The molecule has 1 N–H and O–H groups in total. The average molecular weight is 327 g/mol. The molecule has 2 aromatic rings. The van der Waals surface area contributed by atoms with Gasteiger partial charge < -0.3 is 9.73 Å². The normalized spacial score (nSPS) is 18.2. The fourth-order valence-corrected chi connectivity index (χ4v) is 3.18. The smallest absolute Gasteiger partial charge is 0.234 e. The minimum atomic E-state index is 0.0793. The molecule has 1 aliphatic rings. The van der Waals surface area contributed by atoms with Crippen LogP contribution >= 0.6 is 0 Å². The molecule has 5 nitrogen and oxygen atoms in total. The SMILES string of the molecule is CN(CC(=O)N[C@H]1CCN(Cc2ccccc2)C1)Cc1ccco1. The van der Waals surface area contributed by atoms with E-state index in [4.69, 9.17) is 4.42 Å². The van der Waals surface area contributed by atoms with Gasteiger partial charge in [-0.1, -0.05) is 30.3 Å². The van der Waals surface area contributed by atoms with Crippen molar-refractivity contribution in [1.29, 1.82) is 0 Å². The van der Waals surface area contributed by atoms with Crippen molar-refractivity contribution in [2.75, 3.05) is 26.7 Å². The molecule has 128 valence electrons. The van der Waals surface area contributed by atoms with E-state index < -0.39 is 0 Å². The van der Waals surface area contributed by atoms with Gasteiger partial charge >= 0.3 is 0 Å².